The highest BCUT2D eigenvalue weighted by Crippen LogP contribution is 2.60. The molecule has 2 saturated carbocycles. The summed E-state index contributed by atoms with van der Waals surface area (Å²) in [6.07, 6.45) is 23.6. The molecule has 0 aromatic rings. The van der Waals surface area contributed by atoms with Crippen molar-refractivity contribution in [2.45, 2.75) is 85.5 Å². The number of hydrogen-bond acceptors (Lipinski definition) is 0. The molecule has 0 aromatic heterocycles. The second-order valence-electron chi connectivity index (χ2n) is 8.06. The first-order valence-corrected chi connectivity index (χ1v) is 9.87. The van der Waals surface area contributed by atoms with Crippen molar-refractivity contribution >= 4 is 0 Å². The zero-order valence-corrected chi connectivity index (χ0v) is 15.8. The lowest BCUT2D eigenvalue weighted by molar-refractivity contribution is 0.0427. The van der Waals surface area contributed by atoms with Gasteiger partial charge in [-0.2, -0.15) is 0 Å². The third kappa shape index (κ3) is 3.31. The zero-order valence-electron chi connectivity index (χ0n) is 15.8. The van der Waals surface area contributed by atoms with E-state index in [0.717, 1.165) is 23.2 Å². The molecule has 4 atom stereocenters. The van der Waals surface area contributed by atoms with Gasteiger partial charge in [-0.1, -0.05) is 50.0 Å². The summed E-state index contributed by atoms with van der Waals surface area (Å²) in [7, 11) is 0. The van der Waals surface area contributed by atoms with Gasteiger partial charge in [-0.3, -0.25) is 0 Å². The highest BCUT2D eigenvalue weighted by atomic mass is 14.5. The molecule has 128 valence electrons. The third-order valence-corrected chi connectivity index (χ3v) is 7.06. The van der Waals surface area contributed by atoms with Crippen molar-refractivity contribution in [3.05, 3.63) is 22.8 Å². The average molecular weight is 313 g/mol. The Morgan fingerprint density at radius 1 is 1.09 bits per heavy atom. The summed E-state index contributed by atoms with van der Waals surface area (Å²) in [6, 6.07) is 0. The van der Waals surface area contributed by atoms with Crippen LogP contribution in [0.25, 0.3) is 0 Å². The first-order valence-electron chi connectivity index (χ1n) is 9.87. The van der Waals surface area contributed by atoms with Crippen molar-refractivity contribution in [2.75, 3.05) is 0 Å². The molecule has 0 radical (unpaired) electrons. The largest absolute Gasteiger partial charge is 0.124 e. The van der Waals surface area contributed by atoms with Crippen molar-refractivity contribution in [3.8, 4) is 12.8 Å². The highest BCUT2D eigenvalue weighted by Gasteiger charge is 2.50. The van der Waals surface area contributed by atoms with E-state index >= 15 is 0 Å². The van der Waals surface area contributed by atoms with Gasteiger partial charge in [0.25, 0.3) is 0 Å². The molecule has 4 aliphatic carbocycles. The molecule has 0 heteroatoms. The van der Waals surface area contributed by atoms with E-state index in [1.165, 1.54) is 57.8 Å². The lowest BCUT2D eigenvalue weighted by Gasteiger charge is -2.50. The van der Waals surface area contributed by atoms with Crippen LogP contribution in [0.5, 0.6) is 0 Å². The number of rotatable bonds is 0. The molecular weight excluding hydrogens is 276 g/mol. The average Bonchev–Trinajstić information content (AvgIpc) is 3.00. The van der Waals surface area contributed by atoms with Gasteiger partial charge >= 0.3 is 0 Å². The number of allylic oxidation sites excluding steroid dienone is 4. The van der Waals surface area contributed by atoms with E-state index in [1.807, 2.05) is 25.0 Å². The Bertz CT molecular complexity index is 489. The Balaban J connectivity index is 0.000000448. The summed E-state index contributed by atoms with van der Waals surface area (Å²) >= 11 is 0. The molecule has 0 bridgehead atoms. The van der Waals surface area contributed by atoms with E-state index in [1.54, 1.807) is 5.57 Å². The Hall–Kier alpha value is -0.960. The van der Waals surface area contributed by atoms with Gasteiger partial charge in [0.2, 0.25) is 0 Å². The summed E-state index contributed by atoms with van der Waals surface area (Å²) in [5.74, 6) is 3.09. The minimum atomic E-state index is 0.722. The molecule has 0 aliphatic heterocycles. The third-order valence-electron chi connectivity index (χ3n) is 7.06. The Morgan fingerprint density at radius 3 is 2.57 bits per heavy atom. The summed E-state index contributed by atoms with van der Waals surface area (Å²) < 4.78 is 0. The van der Waals surface area contributed by atoms with Gasteiger partial charge in [-0.15, -0.1) is 12.8 Å². The molecule has 0 N–H and O–H groups in total. The van der Waals surface area contributed by atoms with Crippen LogP contribution >= 0.6 is 0 Å². The molecule has 0 amide bonds. The van der Waals surface area contributed by atoms with Crippen LogP contribution in [-0.4, -0.2) is 0 Å². The normalized spacial score (nSPS) is 37.8. The molecule has 0 nitrogen and oxygen atoms in total. The van der Waals surface area contributed by atoms with Crippen LogP contribution in [0, 0.1) is 36.0 Å². The topological polar surface area (TPSA) is 0 Å². The van der Waals surface area contributed by atoms with Gasteiger partial charge in [0.1, 0.15) is 0 Å². The van der Waals surface area contributed by atoms with Crippen LogP contribution in [0.4, 0.5) is 0 Å². The van der Waals surface area contributed by atoms with Crippen LogP contribution in [-0.2, 0) is 0 Å². The first-order chi connectivity index (χ1) is 11.2. The number of hydrogen-bond donors (Lipinski definition) is 0. The molecule has 2 fully saturated rings. The quantitative estimate of drug-likeness (QED) is 0.336. The molecule has 4 unspecified atom stereocenters. The van der Waals surface area contributed by atoms with E-state index in [9.17, 15) is 0 Å². The minimum Gasteiger partial charge on any atom is -0.124 e. The van der Waals surface area contributed by atoms with Crippen LogP contribution in [0.15, 0.2) is 22.8 Å². The Labute approximate surface area is 144 Å². The molecule has 0 saturated heterocycles. The lowest BCUT2D eigenvalue weighted by atomic mass is 9.55. The number of fused-ring (bicyclic) bond motifs is 4. The van der Waals surface area contributed by atoms with Crippen LogP contribution in [0.3, 0.4) is 0 Å². The van der Waals surface area contributed by atoms with E-state index in [0.29, 0.717) is 0 Å². The monoisotopic (exact) mass is 312 g/mol. The van der Waals surface area contributed by atoms with Crippen molar-refractivity contribution in [3.63, 3.8) is 0 Å². The van der Waals surface area contributed by atoms with Crippen molar-refractivity contribution in [1.29, 1.82) is 0 Å². The molecular formula is C23H36. The fourth-order valence-electron chi connectivity index (χ4n) is 6.07. The predicted molar refractivity (Wildman–Crippen MR) is 102 cm³/mol. The van der Waals surface area contributed by atoms with Gasteiger partial charge < -0.3 is 0 Å². The van der Waals surface area contributed by atoms with E-state index in [4.69, 9.17) is 0 Å². The summed E-state index contributed by atoms with van der Waals surface area (Å²) in [6.45, 7) is 8.93. The van der Waals surface area contributed by atoms with Crippen molar-refractivity contribution < 1.29 is 0 Å². The molecule has 23 heavy (non-hydrogen) atoms. The summed E-state index contributed by atoms with van der Waals surface area (Å²) in [4.78, 5) is 0. The molecule has 0 spiro atoms. The standard InChI is InChI=1S/C19H28.C2H6.C2H2/c1-13-5-7-15-14(12-13)6-8-17-16(15)9-11-19(2)10-3-4-18(17)19;2*1-2/h5,16-18H,3-4,6-12H2,1-2H3;1-2H3;1-2H. The molecule has 0 heterocycles. The van der Waals surface area contributed by atoms with Crippen molar-refractivity contribution in [1.82, 2.24) is 0 Å². The van der Waals surface area contributed by atoms with E-state index < -0.39 is 0 Å². The maximum Gasteiger partial charge on any atom is -0.0108 e. The number of terminal acetylenes is 1. The maximum absolute atomic E-state index is 4.00. The fraction of sp³-hybridized carbons (Fsp3) is 0.739. The maximum atomic E-state index is 4.00. The van der Waals surface area contributed by atoms with Crippen LogP contribution in [0.2, 0.25) is 0 Å². The van der Waals surface area contributed by atoms with E-state index in [-0.39, 0.29) is 0 Å². The van der Waals surface area contributed by atoms with Gasteiger partial charge in [0, 0.05) is 0 Å². The Morgan fingerprint density at radius 2 is 1.83 bits per heavy atom. The smallest absolute Gasteiger partial charge is 0.0108 e. The lowest BCUT2D eigenvalue weighted by Crippen LogP contribution is -2.41. The van der Waals surface area contributed by atoms with Gasteiger partial charge in [0.05, 0.1) is 0 Å². The summed E-state index contributed by atoms with van der Waals surface area (Å²) in [5, 5.41) is 0. The van der Waals surface area contributed by atoms with Crippen LogP contribution in [0.1, 0.15) is 85.5 Å². The molecule has 4 aliphatic rings. The molecule has 0 aromatic carbocycles. The SMILES string of the molecule is C#C.CC.CC1=CCC2=C(CCC3C2CCC2(C)CCCC32)C1. The molecule has 4 rings (SSSR count). The van der Waals surface area contributed by atoms with Gasteiger partial charge in [0.15, 0.2) is 0 Å². The predicted octanol–water partition coefficient (Wildman–Crippen LogP) is 6.93. The zero-order chi connectivity index (χ0) is 17.0. The van der Waals surface area contributed by atoms with Gasteiger partial charge in [-0.05, 0) is 81.5 Å². The second kappa shape index (κ2) is 7.74. The Kier molecular flexibility index (Phi) is 6.19. The van der Waals surface area contributed by atoms with Gasteiger partial charge in [-0.25, -0.2) is 0 Å². The minimum absolute atomic E-state index is 0.722. The summed E-state index contributed by atoms with van der Waals surface area (Å²) in [5.41, 5.74) is 6.09. The second-order valence-corrected chi connectivity index (χ2v) is 8.06. The van der Waals surface area contributed by atoms with Crippen LogP contribution < -0.4 is 0 Å². The highest BCUT2D eigenvalue weighted by molar-refractivity contribution is 5.33. The first kappa shape index (κ1) is 18.4. The fourth-order valence-corrected chi connectivity index (χ4v) is 6.07. The van der Waals surface area contributed by atoms with Crippen molar-refractivity contribution in [2.24, 2.45) is 23.2 Å². The van der Waals surface area contributed by atoms with E-state index in [2.05, 4.69) is 32.8 Å².